The number of rotatable bonds is 6. The van der Waals surface area contributed by atoms with Crippen molar-refractivity contribution in [1.29, 1.82) is 0 Å². The highest BCUT2D eigenvalue weighted by atomic mass is 16.2. The molecule has 6 nitrogen and oxygen atoms in total. The van der Waals surface area contributed by atoms with Crippen LogP contribution >= 0.6 is 0 Å². The highest BCUT2D eigenvalue weighted by Crippen LogP contribution is 2.08. The van der Waals surface area contributed by atoms with E-state index >= 15 is 0 Å². The van der Waals surface area contributed by atoms with Crippen LogP contribution in [0.2, 0.25) is 0 Å². The van der Waals surface area contributed by atoms with E-state index in [0.717, 1.165) is 13.0 Å². The number of nitrogens with one attached hydrogen (secondary N) is 2. The average molecular weight is 251 g/mol. The fraction of sp³-hybridized carbons (Fsp3) is 0.583. The van der Waals surface area contributed by atoms with E-state index in [4.69, 9.17) is 0 Å². The maximum absolute atomic E-state index is 11.7. The van der Waals surface area contributed by atoms with E-state index in [1.165, 1.54) is 0 Å². The Morgan fingerprint density at radius 3 is 2.67 bits per heavy atom. The first-order chi connectivity index (χ1) is 8.54. The fourth-order valence-electron chi connectivity index (χ4n) is 1.44. The molecule has 0 aliphatic rings. The summed E-state index contributed by atoms with van der Waals surface area (Å²) in [6.45, 7) is 4.74. The van der Waals surface area contributed by atoms with Crippen LogP contribution < -0.4 is 10.6 Å². The van der Waals surface area contributed by atoms with Crippen molar-refractivity contribution in [1.82, 2.24) is 14.9 Å². The van der Waals surface area contributed by atoms with Gasteiger partial charge in [0.05, 0.1) is 12.4 Å². The van der Waals surface area contributed by atoms with Crippen molar-refractivity contribution in [2.45, 2.75) is 26.3 Å². The van der Waals surface area contributed by atoms with Gasteiger partial charge in [-0.3, -0.25) is 9.78 Å². The molecule has 0 aliphatic heterocycles. The van der Waals surface area contributed by atoms with Crippen LogP contribution in [0, 0.1) is 0 Å². The Labute approximate surface area is 108 Å². The molecule has 1 aromatic heterocycles. The Kier molecular flexibility index (Phi) is 5.35. The third kappa shape index (κ3) is 4.20. The lowest BCUT2D eigenvalue weighted by Crippen LogP contribution is -2.36. The third-order valence-corrected chi connectivity index (χ3v) is 2.37. The second-order valence-electron chi connectivity index (χ2n) is 4.32. The first kappa shape index (κ1) is 14.2. The third-order valence-electron chi connectivity index (χ3n) is 2.37. The Morgan fingerprint density at radius 1 is 1.39 bits per heavy atom. The molecule has 1 rings (SSSR count). The molecule has 0 radical (unpaired) electrons. The molecule has 0 bridgehead atoms. The minimum atomic E-state index is -0.323. The lowest BCUT2D eigenvalue weighted by atomic mass is 10.3. The van der Waals surface area contributed by atoms with Gasteiger partial charge in [-0.2, -0.15) is 0 Å². The number of amides is 1. The van der Waals surface area contributed by atoms with E-state index < -0.39 is 0 Å². The number of hydrogen-bond acceptors (Lipinski definition) is 5. The van der Waals surface area contributed by atoms with E-state index in [1.807, 2.05) is 0 Å². The van der Waals surface area contributed by atoms with Gasteiger partial charge in [-0.15, -0.1) is 0 Å². The summed E-state index contributed by atoms with van der Waals surface area (Å²) in [5, 5.41) is 6.19. The Bertz CT molecular complexity index is 394. The van der Waals surface area contributed by atoms with Gasteiger partial charge < -0.3 is 15.5 Å². The molecule has 1 atom stereocenters. The average Bonchev–Trinajstić information content (AvgIpc) is 2.35. The molecule has 1 unspecified atom stereocenters. The molecule has 0 fully saturated rings. The van der Waals surface area contributed by atoms with E-state index in [-0.39, 0.29) is 11.9 Å². The molecular weight excluding hydrogens is 230 g/mol. The molecule has 1 heterocycles. The van der Waals surface area contributed by atoms with E-state index in [1.54, 1.807) is 38.3 Å². The van der Waals surface area contributed by atoms with E-state index in [9.17, 15) is 4.79 Å². The Hall–Kier alpha value is -1.85. The summed E-state index contributed by atoms with van der Waals surface area (Å²) in [5.41, 5.74) is 0. The molecular formula is C12H21N5O. The summed E-state index contributed by atoms with van der Waals surface area (Å²) in [6.07, 6.45) is 4.30. The second-order valence-corrected chi connectivity index (χ2v) is 4.32. The Morgan fingerprint density at radius 2 is 2.06 bits per heavy atom. The number of carbonyl (C=O) groups excluding carboxylic acids is 1. The molecule has 1 amide bonds. The first-order valence-corrected chi connectivity index (χ1v) is 6.08. The minimum absolute atomic E-state index is 0.00344. The summed E-state index contributed by atoms with van der Waals surface area (Å²) in [4.78, 5) is 21.7. The highest BCUT2D eigenvalue weighted by Gasteiger charge is 2.14. The van der Waals surface area contributed by atoms with E-state index in [0.29, 0.717) is 11.6 Å². The van der Waals surface area contributed by atoms with Crippen LogP contribution in [0.5, 0.6) is 0 Å². The van der Waals surface area contributed by atoms with E-state index in [2.05, 4.69) is 27.5 Å². The van der Waals surface area contributed by atoms with Crippen molar-refractivity contribution >= 4 is 17.5 Å². The summed E-state index contributed by atoms with van der Waals surface area (Å²) < 4.78 is 0. The van der Waals surface area contributed by atoms with Crippen LogP contribution in [-0.4, -0.2) is 47.5 Å². The molecule has 0 aromatic carbocycles. The SMILES string of the molecule is CCCNc1cncc(NC(C)C(=O)N(C)C)n1. The largest absolute Gasteiger partial charge is 0.369 e. The summed E-state index contributed by atoms with van der Waals surface area (Å²) in [5.74, 6) is 1.31. The van der Waals surface area contributed by atoms with Gasteiger partial charge in [0.1, 0.15) is 17.7 Å². The second kappa shape index (κ2) is 6.78. The lowest BCUT2D eigenvalue weighted by molar-refractivity contribution is -0.129. The molecule has 0 saturated heterocycles. The van der Waals surface area contributed by atoms with Gasteiger partial charge >= 0.3 is 0 Å². The quantitative estimate of drug-likeness (QED) is 0.794. The van der Waals surface area contributed by atoms with Crippen molar-refractivity contribution in [3.63, 3.8) is 0 Å². The zero-order chi connectivity index (χ0) is 13.5. The van der Waals surface area contributed by atoms with Crippen LogP contribution in [0.3, 0.4) is 0 Å². The topological polar surface area (TPSA) is 70.2 Å². The van der Waals surface area contributed by atoms with Crippen molar-refractivity contribution in [2.24, 2.45) is 0 Å². The van der Waals surface area contributed by atoms with Crippen LogP contribution in [0.1, 0.15) is 20.3 Å². The summed E-state index contributed by atoms with van der Waals surface area (Å²) in [7, 11) is 3.46. The number of anilines is 2. The fourth-order valence-corrected chi connectivity index (χ4v) is 1.44. The van der Waals surface area contributed by atoms with Gasteiger partial charge in [0.15, 0.2) is 0 Å². The van der Waals surface area contributed by atoms with Crippen LogP contribution in [0.15, 0.2) is 12.4 Å². The van der Waals surface area contributed by atoms with Gasteiger partial charge in [-0.05, 0) is 13.3 Å². The predicted molar refractivity (Wildman–Crippen MR) is 72.6 cm³/mol. The number of nitrogens with zero attached hydrogens (tertiary/aromatic N) is 3. The molecule has 2 N–H and O–H groups in total. The normalized spacial score (nSPS) is 11.8. The molecule has 1 aromatic rings. The van der Waals surface area contributed by atoms with Crippen LogP contribution in [0.25, 0.3) is 0 Å². The monoisotopic (exact) mass is 251 g/mol. The standard InChI is InChI=1S/C12H21N5O/c1-5-6-14-10-7-13-8-11(16-10)15-9(2)12(18)17(3)4/h7-9H,5-6H2,1-4H3,(H2,14,15,16). The highest BCUT2D eigenvalue weighted by molar-refractivity contribution is 5.83. The zero-order valence-corrected chi connectivity index (χ0v) is 11.4. The van der Waals surface area contributed by atoms with Gasteiger partial charge in [0.25, 0.3) is 0 Å². The van der Waals surface area contributed by atoms with Crippen molar-refractivity contribution in [3.8, 4) is 0 Å². The molecule has 18 heavy (non-hydrogen) atoms. The summed E-state index contributed by atoms with van der Waals surface area (Å²) >= 11 is 0. The molecule has 100 valence electrons. The molecule has 6 heteroatoms. The predicted octanol–water partition coefficient (Wildman–Crippen LogP) is 1.19. The maximum Gasteiger partial charge on any atom is 0.244 e. The van der Waals surface area contributed by atoms with Crippen LogP contribution in [-0.2, 0) is 4.79 Å². The summed E-state index contributed by atoms with van der Waals surface area (Å²) in [6, 6.07) is -0.323. The number of likely N-dealkylation sites (N-methyl/N-ethyl adjacent to an activating group) is 1. The van der Waals surface area contributed by atoms with Crippen molar-refractivity contribution in [3.05, 3.63) is 12.4 Å². The zero-order valence-electron chi connectivity index (χ0n) is 11.4. The maximum atomic E-state index is 11.7. The van der Waals surface area contributed by atoms with Gasteiger partial charge in [0.2, 0.25) is 5.91 Å². The van der Waals surface area contributed by atoms with Gasteiger partial charge in [0, 0.05) is 20.6 Å². The lowest BCUT2D eigenvalue weighted by Gasteiger charge is -2.18. The molecule has 0 saturated carbocycles. The first-order valence-electron chi connectivity index (χ1n) is 6.08. The molecule has 0 aliphatic carbocycles. The minimum Gasteiger partial charge on any atom is -0.369 e. The smallest absolute Gasteiger partial charge is 0.244 e. The van der Waals surface area contributed by atoms with Crippen LogP contribution in [0.4, 0.5) is 11.6 Å². The van der Waals surface area contributed by atoms with Gasteiger partial charge in [-0.25, -0.2) is 4.98 Å². The molecule has 0 spiro atoms. The number of carbonyl (C=O) groups is 1. The number of hydrogen-bond donors (Lipinski definition) is 2. The van der Waals surface area contributed by atoms with Crippen molar-refractivity contribution in [2.75, 3.05) is 31.3 Å². The Balaban J connectivity index is 2.64. The van der Waals surface area contributed by atoms with Gasteiger partial charge in [-0.1, -0.05) is 6.92 Å². The van der Waals surface area contributed by atoms with Crippen molar-refractivity contribution < 1.29 is 4.79 Å². The number of aromatic nitrogens is 2.